The second-order valence-corrected chi connectivity index (χ2v) is 7.31. The number of benzene rings is 4. The molecule has 0 saturated heterocycles. The summed E-state index contributed by atoms with van der Waals surface area (Å²) in [6, 6.07) is 29.5. The summed E-state index contributed by atoms with van der Waals surface area (Å²) < 4.78 is 6.31. The zero-order valence-electron chi connectivity index (χ0n) is 15.4. The van der Waals surface area contributed by atoms with Crippen molar-refractivity contribution in [1.82, 2.24) is 4.98 Å². The highest BCUT2D eigenvalue weighted by atomic mass is 16.3. The molecule has 4 aromatic carbocycles. The molecule has 0 amide bonds. The van der Waals surface area contributed by atoms with Crippen LogP contribution in [-0.2, 0) is 0 Å². The Morgan fingerprint density at radius 2 is 1.46 bits per heavy atom. The van der Waals surface area contributed by atoms with E-state index in [1.807, 2.05) is 18.2 Å². The molecule has 2 heteroatoms. The number of fused-ring (bicyclic) bond motifs is 7. The third-order valence-corrected chi connectivity index (χ3v) is 5.50. The quantitative estimate of drug-likeness (QED) is 0.289. The van der Waals surface area contributed by atoms with Gasteiger partial charge in [0.25, 0.3) is 0 Å². The molecule has 0 bridgehead atoms. The fourth-order valence-corrected chi connectivity index (χ4v) is 4.20. The minimum atomic E-state index is 0.914. The zero-order chi connectivity index (χ0) is 18.7. The highest BCUT2D eigenvalue weighted by molar-refractivity contribution is 6.23. The smallest absolute Gasteiger partial charge is 0.145 e. The van der Waals surface area contributed by atoms with Crippen LogP contribution >= 0.6 is 0 Å². The maximum absolute atomic E-state index is 6.31. The SMILES string of the molecule is Cc1ccc2c(c1)c(-c1ccccc1)nc1ccc3c4ccccc4oc3c12. The molecule has 2 nitrogen and oxygen atoms in total. The topological polar surface area (TPSA) is 26.0 Å². The maximum atomic E-state index is 6.31. The van der Waals surface area contributed by atoms with Crippen LogP contribution in [0.15, 0.2) is 89.3 Å². The predicted molar refractivity (Wildman–Crippen MR) is 117 cm³/mol. The Balaban J connectivity index is 1.85. The summed E-state index contributed by atoms with van der Waals surface area (Å²) in [5, 5.41) is 5.71. The molecule has 28 heavy (non-hydrogen) atoms. The lowest BCUT2D eigenvalue weighted by Crippen LogP contribution is -1.90. The highest BCUT2D eigenvalue weighted by Gasteiger charge is 2.16. The van der Waals surface area contributed by atoms with Crippen molar-refractivity contribution in [2.45, 2.75) is 6.92 Å². The summed E-state index contributed by atoms with van der Waals surface area (Å²) in [6.07, 6.45) is 0. The van der Waals surface area contributed by atoms with Gasteiger partial charge in [0.2, 0.25) is 0 Å². The Kier molecular flexibility index (Phi) is 3.12. The first-order chi connectivity index (χ1) is 13.8. The van der Waals surface area contributed by atoms with Gasteiger partial charge in [-0.1, -0.05) is 66.2 Å². The Bertz CT molecular complexity index is 1510. The minimum Gasteiger partial charge on any atom is -0.455 e. The van der Waals surface area contributed by atoms with E-state index in [2.05, 4.69) is 73.7 Å². The molecule has 0 atom stereocenters. The van der Waals surface area contributed by atoms with Crippen molar-refractivity contribution in [3.63, 3.8) is 0 Å². The average Bonchev–Trinajstić information content (AvgIpc) is 3.12. The molecule has 0 spiro atoms. The normalized spacial score (nSPS) is 11.8. The van der Waals surface area contributed by atoms with Crippen LogP contribution in [0.2, 0.25) is 0 Å². The molecule has 0 radical (unpaired) electrons. The lowest BCUT2D eigenvalue weighted by Gasteiger charge is -2.11. The van der Waals surface area contributed by atoms with E-state index >= 15 is 0 Å². The van der Waals surface area contributed by atoms with Gasteiger partial charge in [-0.2, -0.15) is 0 Å². The molecular weight excluding hydrogens is 342 g/mol. The summed E-state index contributed by atoms with van der Waals surface area (Å²) in [5.74, 6) is 0. The van der Waals surface area contributed by atoms with Crippen molar-refractivity contribution < 1.29 is 4.42 Å². The third-order valence-electron chi connectivity index (χ3n) is 5.50. The van der Waals surface area contributed by atoms with Crippen molar-refractivity contribution >= 4 is 43.6 Å². The van der Waals surface area contributed by atoms with Crippen molar-refractivity contribution in [2.24, 2.45) is 0 Å². The van der Waals surface area contributed by atoms with Gasteiger partial charge in [0, 0.05) is 21.7 Å². The summed E-state index contributed by atoms with van der Waals surface area (Å²) in [5.41, 5.74) is 6.16. The van der Waals surface area contributed by atoms with Crippen molar-refractivity contribution in [2.75, 3.05) is 0 Å². The lowest BCUT2D eigenvalue weighted by atomic mass is 9.97. The number of hydrogen-bond acceptors (Lipinski definition) is 2. The van der Waals surface area contributed by atoms with E-state index < -0.39 is 0 Å². The monoisotopic (exact) mass is 359 g/mol. The summed E-state index contributed by atoms with van der Waals surface area (Å²) in [7, 11) is 0. The van der Waals surface area contributed by atoms with Crippen LogP contribution in [0.1, 0.15) is 5.56 Å². The number of rotatable bonds is 1. The average molecular weight is 359 g/mol. The van der Waals surface area contributed by atoms with Crippen LogP contribution in [0.25, 0.3) is 54.9 Å². The van der Waals surface area contributed by atoms with Gasteiger partial charge >= 0.3 is 0 Å². The molecule has 0 aliphatic rings. The second kappa shape index (κ2) is 5.67. The molecular formula is C26H17NO. The fraction of sp³-hybridized carbons (Fsp3) is 0.0385. The van der Waals surface area contributed by atoms with Crippen LogP contribution in [0, 0.1) is 6.92 Å². The van der Waals surface area contributed by atoms with Crippen LogP contribution in [0.3, 0.4) is 0 Å². The van der Waals surface area contributed by atoms with E-state index in [1.165, 1.54) is 10.9 Å². The molecule has 132 valence electrons. The van der Waals surface area contributed by atoms with Gasteiger partial charge in [-0.15, -0.1) is 0 Å². The number of pyridine rings is 1. The first-order valence-electron chi connectivity index (χ1n) is 9.49. The van der Waals surface area contributed by atoms with Crippen molar-refractivity contribution in [3.8, 4) is 11.3 Å². The zero-order valence-corrected chi connectivity index (χ0v) is 15.4. The number of para-hydroxylation sites is 1. The summed E-state index contributed by atoms with van der Waals surface area (Å²) in [6.45, 7) is 2.13. The molecule has 2 heterocycles. The Labute approximate surface area is 162 Å². The van der Waals surface area contributed by atoms with E-state index in [0.717, 1.165) is 49.5 Å². The molecule has 6 rings (SSSR count). The highest BCUT2D eigenvalue weighted by Crippen LogP contribution is 2.39. The number of nitrogens with zero attached hydrogens (tertiary/aromatic N) is 1. The fourth-order valence-electron chi connectivity index (χ4n) is 4.20. The Morgan fingerprint density at radius 3 is 2.36 bits per heavy atom. The second-order valence-electron chi connectivity index (χ2n) is 7.31. The van der Waals surface area contributed by atoms with Crippen molar-refractivity contribution in [3.05, 3.63) is 90.5 Å². The maximum Gasteiger partial charge on any atom is 0.145 e. The van der Waals surface area contributed by atoms with Gasteiger partial charge in [0.05, 0.1) is 16.6 Å². The van der Waals surface area contributed by atoms with Crippen LogP contribution in [0.4, 0.5) is 0 Å². The van der Waals surface area contributed by atoms with Crippen LogP contribution in [0.5, 0.6) is 0 Å². The van der Waals surface area contributed by atoms with Gasteiger partial charge in [-0.25, -0.2) is 4.98 Å². The molecule has 0 saturated carbocycles. The molecule has 0 aliphatic carbocycles. The van der Waals surface area contributed by atoms with Gasteiger partial charge in [-0.3, -0.25) is 0 Å². The molecule has 0 unspecified atom stereocenters. The number of hydrogen-bond donors (Lipinski definition) is 0. The Morgan fingerprint density at radius 1 is 0.679 bits per heavy atom. The number of aryl methyl sites for hydroxylation is 1. The van der Waals surface area contributed by atoms with E-state index in [9.17, 15) is 0 Å². The van der Waals surface area contributed by atoms with E-state index in [-0.39, 0.29) is 0 Å². The Hall–Kier alpha value is -3.65. The van der Waals surface area contributed by atoms with E-state index in [0.29, 0.717) is 0 Å². The van der Waals surface area contributed by atoms with E-state index in [4.69, 9.17) is 9.40 Å². The predicted octanol–water partition coefficient (Wildman–Crippen LogP) is 7.26. The van der Waals surface area contributed by atoms with Crippen LogP contribution in [-0.4, -0.2) is 4.98 Å². The standard InChI is InChI=1S/C26H17NO/c1-16-11-12-19-21(15-16)25(17-7-3-2-4-8-17)27-22-14-13-20-18-9-5-6-10-23(18)28-26(20)24(19)22/h2-15H,1H3. The summed E-state index contributed by atoms with van der Waals surface area (Å²) in [4.78, 5) is 5.08. The molecule has 0 fully saturated rings. The minimum absolute atomic E-state index is 0.914. The van der Waals surface area contributed by atoms with Gasteiger partial charge < -0.3 is 4.42 Å². The van der Waals surface area contributed by atoms with Crippen molar-refractivity contribution in [1.29, 1.82) is 0 Å². The molecule has 6 aromatic rings. The van der Waals surface area contributed by atoms with Gasteiger partial charge in [0.1, 0.15) is 11.2 Å². The van der Waals surface area contributed by atoms with Gasteiger partial charge in [0.15, 0.2) is 0 Å². The number of aromatic nitrogens is 1. The van der Waals surface area contributed by atoms with Crippen LogP contribution < -0.4 is 0 Å². The molecule has 0 aliphatic heterocycles. The first kappa shape index (κ1) is 15.4. The lowest BCUT2D eigenvalue weighted by molar-refractivity contribution is 0.673. The first-order valence-corrected chi connectivity index (χ1v) is 9.49. The largest absolute Gasteiger partial charge is 0.455 e. The van der Waals surface area contributed by atoms with Gasteiger partial charge in [-0.05, 0) is 36.6 Å². The third kappa shape index (κ3) is 2.12. The van der Waals surface area contributed by atoms with E-state index in [1.54, 1.807) is 0 Å². The molecule has 0 N–H and O–H groups in total. The summed E-state index contributed by atoms with van der Waals surface area (Å²) >= 11 is 0. The molecule has 2 aromatic heterocycles. The number of furan rings is 1.